The number of amides is 3. The molecule has 1 aromatic carbocycles. The van der Waals surface area contributed by atoms with Gasteiger partial charge in [0, 0.05) is 13.0 Å². The van der Waals surface area contributed by atoms with Crippen LogP contribution in [0.3, 0.4) is 0 Å². The van der Waals surface area contributed by atoms with Crippen LogP contribution in [0.25, 0.3) is 0 Å². The molecule has 0 radical (unpaired) electrons. The molecule has 2 fully saturated rings. The molecule has 0 saturated carbocycles. The Hall–Kier alpha value is -2.34. The van der Waals surface area contributed by atoms with Crippen LogP contribution in [0.1, 0.15) is 32.3 Å². The van der Waals surface area contributed by atoms with Gasteiger partial charge >= 0.3 is 6.03 Å². The van der Waals surface area contributed by atoms with Gasteiger partial charge in [-0.1, -0.05) is 23.8 Å². The van der Waals surface area contributed by atoms with Crippen molar-refractivity contribution in [2.45, 2.75) is 38.6 Å². The first-order valence-corrected chi connectivity index (χ1v) is 9.57. The van der Waals surface area contributed by atoms with E-state index in [1.807, 2.05) is 24.3 Å². The number of likely N-dealkylation sites (tertiary alicyclic amines) is 1. The van der Waals surface area contributed by atoms with Crippen molar-refractivity contribution in [3.8, 4) is 5.75 Å². The number of hydrogen-bond donors (Lipinski definition) is 2. The van der Waals surface area contributed by atoms with E-state index >= 15 is 0 Å². The van der Waals surface area contributed by atoms with E-state index in [0.717, 1.165) is 43.8 Å². The van der Waals surface area contributed by atoms with Gasteiger partial charge in [0.2, 0.25) is 0 Å². The molecule has 2 aliphatic heterocycles. The normalized spacial score (nSPS) is 24.6. The van der Waals surface area contributed by atoms with Gasteiger partial charge in [0.15, 0.2) is 0 Å². The van der Waals surface area contributed by atoms with Gasteiger partial charge in [-0.15, -0.1) is 0 Å². The van der Waals surface area contributed by atoms with Gasteiger partial charge in [-0.3, -0.25) is 15.0 Å². The van der Waals surface area contributed by atoms with Gasteiger partial charge in [-0.2, -0.15) is 0 Å². The van der Waals surface area contributed by atoms with Crippen LogP contribution in [0.5, 0.6) is 5.75 Å². The molecule has 2 saturated heterocycles. The van der Waals surface area contributed by atoms with Gasteiger partial charge in [-0.25, -0.2) is 4.79 Å². The van der Waals surface area contributed by atoms with E-state index < -0.39 is 11.6 Å². The summed E-state index contributed by atoms with van der Waals surface area (Å²) in [6.45, 7) is 7.02. The third kappa shape index (κ3) is 4.16. The summed E-state index contributed by atoms with van der Waals surface area (Å²) in [4.78, 5) is 27.2. The maximum absolute atomic E-state index is 12.8. The van der Waals surface area contributed by atoms with Crippen LogP contribution >= 0.6 is 0 Å². The number of piperidine rings is 1. The van der Waals surface area contributed by atoms with Crippen molar-refractivity contribution in [2.24, 2.45) is 5.92 Å². The Morgan fingerprint density at radius 1 is 1.33 bits per heavy atom. The molecule has 6 nitrogen and oxygen atoms in total. The number of imide groups is 1. The molecule has 0 aliphatic carbocycles. The van der Waals surface area contributed by atoms with E-state index in [1.165, 1.54) is 5.57 Å². The SMILES string of the molecule is C/C=C(\C)CN1CCC([C@@]2(Cc3cccc(OC)c3)NC(=O)NC2=O)CC1. The smallest absolute Gasteiger partial charge is 0.322 e. The van der Waals surface area contributed by atoms with E-state index in [1.54, 1.807) is 7.11 Å². The molecule has 146 valence electrons. The fraction of sp³-hybridized carbons (Fsp3) is 0.524. The summed E-state index contributed by atoms with van der Waals surface area (Å²) in [6.07, 6.45) is 4.38. The number of ether oxygens (including phenoxy) is 1. The first kappa shape index (κ1) is 19.4. The molecule has 3 rings (SSSR count). The largest absolute Gasteiger partial charge is 0.497 e. The molecule has 2 aliphatic rings. The molecule has 0 spiro atoms. The number of nitrogens with zero attached hydrogens (tertiary/aromatic N) is 1. The lowest BCUT2D eigenvalue weighted by Crippen LogP contribution is -2.57. The van der Waals surface area contributed by atoms with E-state index in [4.69, 9.17) is 4.74 Å². The Morgan fingerprint density at radius 2 is 2.07 bits per heavy atom. The van der Waals surface area contributed by atoms with Gasteiger partial charge in [0.05, 0.1) is 7.11 Å². The van der Waals surface area contributed by atoms with Crippen LogP contribution in [-0.4, -0.2) is 49.1 Å². The zero-order chi connectivity index (χ0) is 19.4. The first-order chi connectivity index (χ1) is 13.0. The summed E-state index contributed by atoms with van der Waals surface area (Å²) in [7, 11) is 1.63. The zero-order valence-electron chi connectivity index (χ0n) is 16.4. The van der Waals surface area contributed by atoms with E-state index in [2.05, 4.69) is 35.5 Å². The average molecular weight is 371 g/mol. The standard InChI is InChI=1S/C21H29N3O3/c1-4-15(2)14-24-10-8-17(9-11-24)21(19(25)22-20(26)23-21)13-16-6-5-7-18(12-16)27-3/h4-7,12,17H,8-11,13-14H2,1-3H3,(H2,22,23,25,26)/b15-4+/t21-/m1/s1. The number of nitrogens with one attached hydrogen (secondary N) is 2. The highest BCUT2D eigenvalue weighted by Gasteiger charge is 2.52. The maximum atomic E-state index is 12.8. The first-order valence-electron chi connectivity index (χ1n) is 9.57. The Balaban J connectivity index is 1.78. The third-order valence-corrected chi connectivity index (χ3v) is 5.84. The van der Waals surface area contributed by atoms with Crippen molar-refractivity contribution in [3.63, 3.8) is 0 Å². The zero-order valence-corrected chi connectivity index (χ0v) is 16.4. The molecule has 6 heteroatoms. The minimum Gasteiger partial charge on any atom is -0.497 e. The molecular formula is C21H29N3O3. The second-order valence-corrected chi connectivity index (χ2v) is 7.59. The Bertz CT molecular complexity index is 738. The summed E-state index contributed by atoms with van der Waals surface area (Å²) in [5.74, 6) is 0.653. The van der Waals surface area contributed by atoms with Gasteiger partial charge in [0.25, 0.3) is 5.91 Å². The predicted molar refractivity (Wildman–Crippen MR) is 105 cm³/mol. The molecule has 27 heavy (non-hydrogen) atoms. The number of carbonyl (C=O) groups is 2. The molecule has 0 aromatic heterocycles. The number of urea groups is 1. The van der Waals surface area contributed by atoms with Gasteiger partial charge in [-0.05, 0) is 63.4 Å². The second kappa shape index (κ2) is 8.13. The Morgan fingerprint density at radius 3 is 2.67 bits per heavy atom. The Kier molecular flexibility index (Phi) is 5.85. The number of benzene rings is 1. The van der Waals surface area contributed by atoms with Crippen molar-refractivity contribution in [1.82, 2.24) is 15.5 Å². The highest BCUT2D eigenvalue weighted by Crippen LogP contribution is 2.34. The number of allylic oxidation sites excluding steroid dienone is 1. The molecule has 0 unspecified atom stereocenters. The quantitative estimate of drug-likeness (QED) is 0.595. The number of rotatable bonds is 6. The highest BCUT2D eigenvalue weighted by molar-refractivity contribution is 6.07. The summed E-state index contributed by atoms with van der Waals surface area (Å²) < 4.78 is 5.31. The topological polar surface area (TPSA) is 70.7 Å². The number of carbonyl (C=O) groups excluding carboxylic acids is 2. The molecule has 3 amide bonds. The minimum atomic E-state index is -0.884. The van der Waals surface area contributed by atoms with Crippen LogP contribution in [0, 0.1) is 5.92 Å². The van der Waals surface area contributed by atoms with Crippen molar-refractivity contribution in [3.05, 3.63) is 41.5 Å². The second-order valence-electron chi connectivity index (χ2n) is 7.59. The lowest BCUT2D eigenvalue weighted by atomic mass is 9.74. The average Bonchev–Trinajstić information content (AvgIpc) is 2.96. The van der Waals surface area contributed by atoms with Crippen molar-refractivity contribution in [1.29, 1.82) is 0 Å². The van der Waals surface area contributed by atoms with Crippen molar-refractivity contribution in [2.75, 3.05) is 26.7 Å². The summed E-state index contributed by atoms with van der Waals surface area (Å²) in [6, 6.07) is 7.32. The van der Waals surface area contributed by atoms with Crippen LogP contribution in [0.15, 0.2) is 35.9 Å². The summed E-state index contributed by atoms with van der Waals surface area (Å²) in [5, 5.41) is 5.43. The summed E-state index contributed by atoms with van der Waals surface area (Å²) >= 11 is 0. The van der Waals surface area contributed by atoms with Crippen molar-refractivity contribution < 1.29 is 14.3 Å². The van der Waals surface area contributed by atoms with Gasteiger partial charge in [0.1, 0.15) is 11.3 Å². The monoisotopic (exact) mass is 371 g/mol. The third-order valence-electron chi connectivity index (χ3n) is 5.84. The lowest BCUT2D eigenvalue weighted by Gasteiger charge is -2.41. The molecule has 1 atom stereocenters. The summed E-state index contributed by atoms with van der Waals surface area (Å²) in [5.41, 5.74) is 1.45. The van der Waals surface area contributed by atoms with Crippen LogP contribution in [0.2, 0.25) is 0 Å². The van der Waals surface area contributed by atoms with E-state index in [0.29, 0.717) is 6.42 Å². The molecule has 2 heterocycles. The van der Waals surface area contributed by atoms with E-state index in [-0.39, 0.29) is 11.8 Å². The number of hydrogen-bond acceptors (Lipinski definition) is 4. The van der Waals surface area contributed by atoms with Crippen LogP contribution in [-0.2, 0) is 11.2 Å². The fourth-order valence-electron chi connectivity index (χ4n) is 4.19. The molecule has 2 N–H and O–H groups in total. The van der Waals surface area contributed by atoms with Gasteiger partial charge < -0.3 is 10.1 Å². The highest BCUT2D eigenvalue weighted by atomic mass is 16.5. The minimum absolute atomic E-state index is 0.109. The van der Waals surface area contributed by atoms with Crippen LogP contribution < -0.4 is 15.4 Å². The molecule has 0 bridgehead atoms. The van der Waals surface area contributed by atoms with E-state index in [9.17, 15) is 9.59 Å². The fourth-order valence-corrected chi connectivity index (χ4v) is 4.19. The van der Waals surface area contributed by atoms with Crippen LogP contribution in [0.4, 0.5) is 4.79 Å². The predicted octanol–water partition coefficient (Wildman–Crippen LogP) is 2.49. The number of methoxy groups -OCH3 is 1. The maximum Gasteiger partial charge on any atom is 0.322 e. The Labute approximate surface area is 161 Å². The molecule has 1 aromatic rings. The lowest BCUT2D eigenvalue weighted by molar-refractivity contribution is -0.126. The van der Waals surface area contributed by atoms with Crippen molar-refractivity contribution >= 4 is 11.9 Å². The molecular weight excluding hydrogens is 342 g/mol.